The highest BCUT2D eigenvalue weighted by Gasteiger charge is 2.10. The van der Waals surface area contributed by atoms with Crippen molar-refractivity contribution in [3.63, 3.8) is 0 Å². The van der Waals surface area contributed by atoms with Gasteiger partial charge >= 0.3 is 0 Å². The zero-order valence-electron chi connectivity index (χ0n) is 12.4. The van der Waals surface area contributed by atoms with Gasteiger partial charge in [0.2, 0.25) is 0 Å². The van der Waals surface area contributed by atoms with Gasteiger partial charge in [-0.05, 0) is 32.0 Å². The number of ether oxygens (including phenoxy) is 1. The Labute approximate surface area is 121 Å². The van der Waals surface area contributed by atoms with E-state index in [1.165, 1.54) is 11.1 Å². The second-order valence-electron chi connectivity index (χ2n) is 4.99. The van der Waals surface area contributed by atoms with Gasteiger partial charge in [0, 0.05) is 36.5 Å². The van der Waals surface area contributed by atoms with E-state index < -0.39 is 0 Å². The molecule has 1 aromatic carbocycles. The molecule has 1 aromatic heterocycles. The van der Waals surface area contributed by atoms with Crippen LogP contribution >= 0.6 is 0 Å². The van der Waals surface area contributed by atoms with Gasteiger partial charge in [-0.1, -0.05) is 23.8 Å². The third-order valence-electron chi connectivity index (χ3n) is 3.41. The average molecular weight is 270 g/mol. The van der Waals surface area contributed by atoms with Crippen molar-refractivity contribution < 1.29 is 4.74 Å². The summed E-state index contributed by atoms with van der Waals surface area (Å²) in [5.41, 5.74) is 3.57. The van der Waals surface area contributed by atoms with E-state index in [4.69, 9.17) is 4.74 Å². The van der Waals surface area contributed by atoms with Crippen LogP contribution in [0, 0.1) is 6.92 Å². The number of methoxy groups -OCH3 is 1. The predicted octanol–water partition coefficient (Wildman–Crippen LogP) is 3.29. The standard InChI is InChI=1S/C17H22N2O/c1-13-7-8-17(20-3)16(12-13)14(2)18-11-9-15-6-4-5-10-19-15/h4-8,10,12,14,18H,9,11H2,1-3H3. The van der Waals surface area contributed by atoms with E-state index in [0.717, 1.165) is 24.4 Å². The summed E-state index contributed by atoms with van der Waals surface area (Å²) in [4.78, 5) is 4.33. The number of rotatable bonds is 6. The molecule has 0 amide bonds. The first kappa shape index (κ1) is 14.5. The van der Waals surface area contributed by atoms with Gasteiger partial charge in [0.05, 0.1) is 7.11 Å². The summed E-state index contributed by atoms with van der Waals surface area (Å²) >= 11 is 0. The number of benzene rings is 1. The normalized spacial score (nSPS) is 12.2. The molecule has 3 heteroatoms. The Morgan fingerprint density at radius 3 is 2.80 bits per heavy atom. The lowest BCUT2D eigenvalue weighted by Crippen LogP contribution is -2.22. The Bertz CT molecular complexity index is 540. The molecule has 20 heavy (non-hydrogen) atoms. The third kappa shape index (κ3) is 3.81. The summed E-state index contributed by atoms with van der Waals surface area (Å²) in [6, 6.07) is 12.6. The summed E-state index contributed by atoms with van der Waals surface area (Å²) in [6.45, 7) is 5.16. The summed E-state index contributed by atoms with van der Waals surface area (Å²) < 4.78 is 5.43. The molecule has 0 fully saturated rings. The molecule has 0 spiro atoms. The van der Waals surface area contributed by atoms with Gasteiger partial charge in [0.15, 0.2) is 0 Å². The van der Waals surface area contributed by atoms with Crippen LogP contribution in [0.4, 0.5) is 0 Å². The second-order valence-corrected chi connectivity index (χ2v) is 4.99. The average Bonchev–Trinajstić information content (AvgIpc) is 2.48. The van der Waals surface area contributed by atoms with Gasteiger partial charge in [-0.25, -0.2) is 0 Å². The molecule has 106 valence electrons. The van der Waals surface area contributed by atoms with Crippen LogP contribution in [0.15, 0.2) is 42.6 Å². The highest BCUT2D eigenvalue weighted by atomic mass is 16.5. The molecule has 0 saturated heterocycles. The lowest BCUT2D eigenvalue weighted by Gasteiger charge is -2.18. The van der Waals surface area contributed by atoms with Gasteiger partial charge < -0.3 is 10.1 Å². The molecule has 0 aliphatic heterocycles. The summed E-state index contributed by atoms with van der Waals surface area (Å²) in [6.07, 6.45) is 2.77. The number of nitrogens with zero attached hydrogens (tertiary/aromatic N) is 1. The number of hydrogen-bond acceptors (Lipinski definition) is 3. The van der Waals surface area contributed by atoms with E-state index >= 15 is 0 Å². The van der Waals surface area contributed by atoms with Gasteiger partial charge in [0.25, 0.3) is 0 Å². The Kier molecular flexibility index (Phi) is 5.13. The van der Waals surface area contributed by atoms with E-state index in [-0.39, 0.29) is 6.04 Å². The van der Waals surface area contributed by atoms with E-state index in [2.05, 4.69) is 42.3 Å². The first-order valence-electron chi connectivity index (χ1n) is 6.98. The molecular weight excluding hydrogens is 248 g/mol. The molecule has 2 aromatic rings. The molecule has 1 unspecified atom stereocenters. The maximum Gasteiger partial charge on any atom is 0.123 e. The highest BCUT2D eigenvalue weighted by Crippen LogP contribution is 2.25. The van der Waals surface area contributed by atoms with Gasteiger partial charge in [-0.2, -0.15) is 0 Å². The Balaban J connectivity index is 1.95. The van der Waals surface area contributed by atoms with Crippen molar-refractivity contribution in [1.29, 1.82) is 0 Å². The fourth-order valence-corrected chi connectivity index (χ4v) is 2.26. The van der Waals surface area contributed by atoms with E-state index in [1.807, 2.05) is 24.4 Å². The predicted molar refractivity (Wildman–Crippen MR) is 82.1 cm³/mol. The molecule has 1 N–H and O–H groups in total. The lowest BCUT2D eigenvalue weighted by molar-refractivity contribution is 0.401. The molecule has 0 saturated carbocycles. The topological polar surface area (TPSA) is 34.1 Å². The first-order chi connectivity index (χ1) is 9.70. The van der Waals surface area contributed by atoms with Crippen LogP contribution in [0.5, 0.6) is 5.75 Å². The van der Waals surface area contributed by atoms with Crippen molar-refractivity contribution in [2.75, 3.05) is 13.7 Å². The number of pyridine rings is 1. The van der Waals surface area contributed by atoms with E-state index in [9.17, 15) is 0 Å². The van der Waals surface area contributed by atoms with Gasteiger partial charge in [-0.3, -0.25) is 4.98 Å². The van der Waals surface area contributed by atoms with E-state index in [1.54, 1.807) is 7.11 Å². The Hall–Kier alpha value is -1.87. The minimum Gasteiger partial charge on any atom is -0.496 e. The van der Waals surface area contributed by atoms with Crippen molar-refractivity contribution in [1.82, 2.24) is 10.3 Å². The Morgan fingerprint density at radius 1 is 1.25 bits per heavy atom. The van der Waals surface area contributed by atoms with E-state index in [0.29, 0.717) is 0 Å². The van der Waals surface area contributed by atoms with Crippen LogP contribution in [0.1, 0.15) is 29.8 Å². The fourth-order valence-electron chi connectivity index (χ4n) is 2.26. The van der Waals surface area contributed by atoms with Crippen LogP contribution in [0.2, 0.25) is 0 Å². The molecule has 2 rings (SSSR count). The number of aryl methyl sites for hydroxylation is 1. The maximum absolute atomic E-state index is 5.43. The van der Waals surface area contributed by atoms with Crippen molar-refractivity contribution in [3.05, 3.63) is 59.4 Å². The molecule has 0 radical (unpaired) electrons. The summed E-state index contributed by atoms with van der Waals surface area (Å²) in [5, 5.41) is 3.53. The van der Waals surface area contributed by atoms with Crippen molar-refractivity contribution in [3.8, 4) is 5.75 Å². The Morgan fingerprint density at radius 2 is 2.10 bits per heavy atom. The van der Waals surface area contributed by atoms with Crippen LogP contribution in [0.25, 0.3) is 0 Å². The molecule has 0 bridgehead atoms. The largest absolute Gasteiger partial charge is 0.496 e. The molecule has 0 aliphatic carbocycles. The van der Waals surface area contributed by atoms with Crippen molar-refractivity contribution >= 4 is 0 Å². The monoisotopic (exact) mass is 270 g/mol. The third-order valence-corrected chi connectivity index (χ3v) is 3.41. The fraction of sp³-hybridized carbons (Fsp3) is 0.353. The minimum absolute atomic E-state index is 0.258. The molecular formula is C17H22N2O. The smallest absolute Gasteiger partial charge is 0.123 e. The summed E-state index contributed by atoms with van der Waals surface area (Å²) in [5.74, 6) is 0.938. The summed E-state index contributed by atoms with van der Waals surface area (Å²) in [7, 11) is 1.72. The number of hydrogen-bond donors (Lipinski definition) is 1. The zero-order valence-corrected chi connectivity index (χ0v) is 12.4. The first-order valence-corrected chi connectivity index (χ1v) is 6.98. The van der Waals surface area contributed by atoms with Gasteiger partial charge in [0.1, 0.15) is 5.75 Å². The highest BCUT2D eigenvalue weighted by molar-refractivity contribution is 5.38. The molecule has 0 aliphatic rings. The quantitative estimate of drug-likeness (QED) is 0.874. The minimum atomic E-state index is 0.258. The number of aromatic nitrogens is 1. The zero-order chi connectivity index (χ0) is 14.4. The van der Waals surface area contributed by atoms with Crippen LogP contribution < -0.4 is 10.1 Å². The molecule has 1 atom stereocenters. The molecule has 3 nitrogen and oxygen atoms in total. The SMILES string of the molecule is COc1ccc(C)cc1C(C)NCCc1ccccn1. The van der Waals surface area contributed by atoms with Crippen molar-refractivity contribution in [2.45, 2.75) is 26.3 Å². The van der Waals surface area contributed by atoms with Gasteiger partial charge in [-0.15, -0.1) is 0 Å². The van der Waals surface area contributed by atoms with Crippen LogP contribution in [-0.2, 0) is 6.42 Å². The van der Waals surface area contributed by atoms with Crippen LogP contribution in [0.3, 0.4) is 0 Å². The second kappa shape index (κ2) is 7.06. The van der Waals surface area contributed by atoms with Crippen molar-refractivity contribution in [2.24, 2.45) is 0 Å². The lowest BCUT2D eigenvalue weighted by atomic mass is 10.0. The van der Waals surface area contributed by atoms with Crippen LogP contribution in [-0.4, -0.2) is 18.6 Å². The molecule has 1 heterocycles. The maximum atomic E-state index is 5.43. The number of nitrogens with one attached hydrogen (secondary N) is 1.